The molecule has 1 heterocycles. The van der Waals surface area contributed by atoms with E-state index in [-0.39, 0.29) is 23.9 Å². The predicted octanol–water partition coefficient (Wildman–Crippen LogP) is 1.22. The van der Waals surface area contributed by atoms with Gasteiger partial charge in [0.1, 0.15) is 0 Å². The van der Waals surface area contributed by atoms with E-state index >= 15 is 0 Å². The summed E-state index contributed by atoms with van der Waals surface area (Å²) in [6.45, 7) is 3.72. The molecular formula is C15H19N3O4. The van der Waals surface area contributed by atoms with E-state index < -0.39 is 4.92 Å². The van der Waals surface area contributed by atoms with E-state index in [1.54, 1.807) is 28.0 Å². The summed E-state index contributed by atoms with van der Waals surface area (Å²) in [6, 6.07) is 6.29. The van der Waals surface area contributed by atoms with Crippen LogP contribution in [0, 0.1) is 10.1 Å². The van der Waals surface area contributed by atoms with Gasteiger partial charge in [0.25, 0.3) is 5.69 Å². The molecule has 0 N–H and O–H groups in total. The van der Waals surface area contributed by atoms with Crippen molar-refractivity contribution in [3.63, 3.8) is 0 Å². The number of carbonyl (C=O) groups is 2. The first-order valence-corrected chi connectivity index (χ1v) is 7.24. The van der Waals surface area contributed by atoms with Crippen LogP contribution in [0.2, 0.25) is 0 Å². The highest BCUT2D eigenvalue weighted by molar-refractivity contribution is 5.80. The van der Waals surface area contributed by atoms with Crippen LogP contribution >= 0.6 is 0 Å². The normalized spacial score (nSPS) is 15.3. The number of benzene rings is 1. The SMILES string of the molecule is CC(=O)N1CCCN(C(=O)Cc2ccccc2[N+](=O)[O-])CC1. The molecule has 2 amide bonds. The van der Waals surface area contributed by atoms with Crippen molar-refractivity contribution in [3.05, 3.63) is 39.9 Å². The first-order valence-electron chi connectivity index (χ1n) is 7.24. The molecule has 1 aromatic rings. The van der Waals surface area contributed by atoms with E-state index in [1.807, 2.05) is 0 Å². The van der Waals surface area contributed by atoms with E-state index in [0.29, 0.717) is 31.7 Å². The van der Waals surface area contributed by atoms with Crippen molar-refractivity contribution in [2.24, 2.45) is 0 Å². The number of nitro groups is 1. The molecule has 0 atom stereocenters. The Morgan fingerprint density at radius 2 is 1.77 bits per heavy atom. The summed E-state index contributed by atoms with van der Waals surface area (Å²) in [6.07, 6.45) is 0.736. The molecular weight excluding hydrogens is 286 g/mol. The fourth-order valence-electron chi connectivity index (χ4n) is 2.59. The van der Waals surface area contributed by atoms with Gasteiger partial charge in [0.05, 0.1) is 11.3 Å². The molecule has 0 aromatic heterocycles. The molecule has 118 valence electrons. The van der Waals surface area contributed by atoms with Crippen molar-refractivity contribution in [2.75, 3.05) is 26.2 Å². The molecule has 7 nitrogen and oxygen atoms in total. The van der Waals surface area contributed by atoms with Crippen molar-refractivity contribution >= 4 is 17.5 Å². The first-order chi connectivity index (χ1) is 10.5. The lowest BCUT2D eigenvalue weighted by molar-refractivity contribution is -0.385. The van der Waals surface area contributed by atoms with Gasteiger partial charge in [-0.2, -0.15) is 0 Å². The smallest absolute Gasteiger partial charge is 0.273 e. The quantitative estimate of drug-likeness (QED) is 0.621. The van der Waals surface area contributed by atoms with Crippen LogP contribution in [0.3, 0.4) is 0 Å². The molecule has 0 radical (unpaired) electrons. The molecule has 0 bridgehead atoms. The average Bonchev–Trinajstić information content (AvgIpc) is 2.73. The fraction of sp³-hybridized carbons (Fsp3) is 0.467. The molecule has 2 rings (SSSR count). The summed E-state index contributed by atoms with van der Waals surface area (Å²) < 4.78 is 0. The highest BCUT2D eigenvalue weighted by Crippen LogP contribution is 2.19. The lowest BCUT2D eigenvalue weighted by Gasteiger charge is -2.21. The second-order valence-electron chi connectivity index (χ2n) is 5.30. The number of para-hydroxylation sites is 1. The number of nitrogens with zero attached hydrogens (tertiary/aromatic N) is 3. The minimum absolute atomic E-state index is 0.00740. The Kier molecular flexibility index (Phi) is 5.08. The maximum atomic E-state index is 12.4. The molecule has 0 unspecified atom stereocenters. The van der Waals surface area contributed by atoms with Gasteiger partial charge in [-0.05, 0) is 6.42 Å². The minimum atomic E-state index is -0.470. The maximum absolute atomic E-state index is 12.4. The summed E-state index contributed by atoms with van der Waals surface area (Å²) in [5.41, 5.74) is 0.390. The molecule has 1 fully saturated rings. The summed E-state index contributed by atoms with van der Waals surface area (Å²) in [7, 11) is 0. The second kappa shape index (κ2) is 7.02. The van der Waals surface area contributed by atoms with Gasteiger partial charge in [-0.3, -0.25) is 19.7 Å². The van der Waals surface area contributed by atoms with Gasteiger partial charge in [-0.1, -0.05) is 18.2 Å². The Labute approximate surface area is 128 Å². The van der Waals surface area contributed by atoms with Crippen LogP contribution in [0.25, 0.3) is 0 Å². The highest BCUT2D eigenvalue weighted by atomic mass is 16.6. The summed E-state index contributed by atoms with van der Waals surface area (Å²) in [5, 5.41) is 11.0. The van der Waals surface area contributed by atoms with Crippen LogP contribution < -0.4 is 0 Å². The largest absolute Gasteiger partial charge is 0.341 e. The lowest BCUT2D eigenvalue weighted by atomic mass is 10.1. The van der Waals surface area contributed by atoms with Crippen molar-refractivity contribution in [1.82, 2.24) is 9.80 Å². The lowest BCUT2D eigenvalue weighted by Crippen LogP contribution is -2.37. The fourth-order valence-corrected chi connectivity index (χ4v) is 2.59. The van der Waals surface area contributed by atoms with Crippen molar-refractivity contribution in [3.8, 4) is 0 Å². The third-order valence-corrected chi connectivity index (χ3v) is 3.82. The molecule has 0 saturated carbocycles. The zero-order valence-electron chi connectivity index (χ0n) is 12.5. The standard InChI is InChI=1S/C15H19N3O4/c1-12(19)16-7-4-8-17(10-9-16)15(20)11-13-5-2-3-6-14(13)18(21)22/h2-3,5-6H,4,7-11H2,1H3. The van der Waals surface area contributed by atoms with Gasteiger partial charge < -0.3 is 9.80 Å². The Morgan fingerprint density at radius 3 is 2.45 bits per heavy atom. The van der Waals surface area contributed by atoms with Crippen molar-refractivity contribution in [2.45, 2.75) is 19.8 Å². The Bertz CT molecular complexity index is 588. The Morgan fingerprint density at radius 1 is 1.14 bits per heavy atom. The number of carbonyl (C=O) groups excluding carboxylic acids is 2. The second-order valence-corrected chi connectivity index (χ2v) is 5.30. The van der Waals surface area contributed by atoms with Crippen LogP contribution in [0.1, 0.15) is 18.9 Å². The third-order valence-electron chi connectivity index (χ3n) is 3.82. The number of nitro benzene ring substituents is 1. The van der Waals surface area contributed by atoms with Gasteiger partial charge in [-0.25, -0.2) is 0 Å². The van der Waals surface area contributed by atoms with Gasteiger partial charge >= 0.3 is 0 Å². The topological polar surface area (TPSA) is 83.8 Å². The molecule has 22 heavy (non-hydrogen) atoms. The maximum Gasteiger partial charge on any atom is 0.273 e. The zero-order chi connectivity index (χ0) is 16.1. The number of rotatable bonds is 3. The minimum Gasteiger partial charge on any atom is -0.341 e. The van der Waals surface area contributed by atoms with E-state index in [9.17, 15) is 19.7 Å². The van der Waals surface area contributed by atoms with Crippen LogP contribution in [0.4, 0.5) is 5.69 Å². The van der Waals surface area contributed by atoms with Crippen molar-refractivity contribution < 1.29 is 14.5 Å². The molecule has 1 aliphatic heterocycles. The van der Waals surface area contributed by atoms with Crippen LogP contribution in [0.15, 0.2) is 24.3 Å². The van der Waals surface area contributed by atoms with Gasteiger partial charge in [0.15, 0.2) is 0 Å². The summed E-state index contributed by atoms with van der Waals surface area (Å²) >= 11 is 0. The predicted molar refractivity (Wildman–Crippen MR) is 80.3 cm³/mol. The molecule has 7 heteroatoms. The molecule has 1 aromatic carbocycles. The Hall–Kier alpha value is -2.44. The van der Waals surface area contributed by atoms with Gasteiger partial charge in [0.2, 0.25) is 11.8 Å². The molecule has 0 aliphatic carbocycles. The number of hydrogen-bond donors (Lipinski definition) is 0. The van der Waals surface area contributed by atoms with Crippen LogP contribution in [0.5, 0.6) is 0 Å². The highest BCUT2D eigenvalue weighted by Gasteiger charge is 2.22. The molecule has 1 aliphatic rings. The van der Waals surface area contributed by atoms with E-state index in [2.05, 4.69) is 0 Å². The third kappa shape index (κ3) is 3.81. The van der Waals surface area contributed by atoms with E-state index in [1.165, 1.54) is 13.0 Å². The number of hydrogen-bond acceptors (Lipinski definition) is 4. The monoisotopic (exact) mass is 305 g/mol. The Balaban J connectivity index is 2.04. The molecule has 1 saturated heterocycles. The van der Waals surface area contributed by atoms with E-state index in [4.69, 9.17) is 0 Å². The summed E-state index contributed by atoms with van der Waals surface area (Å²) in [5.74, 6) is -0.132. The van der Waals surface area contributed by atoms with Gasteiger partial charge in [-0.15, -0.1) is 0 Å². The van der Waals surface area contributed by atoms with Crippen LogP contribution in [-0.4, -0.2) is 52.7 Å². The average molecular weight is 305 g/mol. The summed E-state index contributed by atoms with van der Waals surface area (Å²) in [4.78, 5) is 37.7. The van der Waals surface area contributed by atoms with Crippen LogP contribution in [-0.2, 0) is 16.0 Å². The van der Waals surface area contributed by atoms with Crippen molar-refractivity contribution in [1.29, 1.82) is 0 Å². The van der Waals surface area contributed by atoms with Gasteiger partial charge in [0, 0.05) is 44.7 Å². The number of amides is 2. The zero-order valence-corrected chi connectivity index (χ0v) is 12.5. The van der Waals surface area contributed by atoms with E-state index in [0.717, 1.165) is 6.42 Å². The first kappa shape index (κ1) is 15.9. The molecule has 0 spiro atoms.